The summed E-state index contributed by atoms with van der Waals surface area (Å²) in [6, 6.07) is 7.77. The minimum Gasteiger partial charge on any atom is -0.619 e. The molecule has 1 aliphatic heterocycles. The molecule has 27 heavy (non-hydrogen) atoms. The summed E-state index contributed by atoms with van der Waals surface area (Å²) in [4.78, 5) is 16.5. The number of hydrogen-bond acceptors (Lipinski definition) is 3. The molecule has 2 heterocycles. The van der Waals surface area contributed by atoms with Gasteiger partial charge in [0.05, 0.1) is 11.1 Å². The number of carbonyl (C=O) groups excluding carboxylic acids is 1. The first-order chi connectivity index (χ1) is 12.7. The molecule has 8 heteroatoms. The first kappa shape index (κ1) is 19.0. The lowest BCUT2D eigenvalue weighted by molar-refractivity contribution is -0.605. The highest BCUT2D eigenvalue weighted by Gasteiger charge is 2.34. The van der Waals surface area contributed by atoms with E-state index >= 15 is 0 Å². The van der Waals surface area contributed by atoms with Gasteiger partial charge in [-0.05, 0) is 38.1 Å². The normalized spacial score (nSPS) is 20.6. The summed E-state index contributed by atoms with van der Waals surface area (Å²) in [5.41, 5.74) is 0.450. The van der Waals surface area contributed by atoms with Gasteiger partial charge in [-0.3, -0.25) is 4.79 Å². The number of carbonyl (C=O) groups is 1. The van der Waals surface area contributed by atoms with Crippen LogP contribution in [0.5, 0.6) is 0 Å². The van der Waals surface area contributed by atoms with Crippen LogP contribution in [0, 0.1) is 5.21 Å². The van der Waals surface area contributed by atoms with Gasteiger partial charge in [-0.2, -0.15) is 17.9 Å². The zero-order valence-electron chi connectivity index (χ0n) is 15.0. The molecule has 144 valence electrons. The maximum absolute atomic E-state index is 12.8. The molecule has 0 saturated carbocycles. The highest BCUT2D eigenvalue weighted by atomic mass is 19.4. The van der Waals surface area contributed by atoms with Crippen molar-refractivity contribution in [1.82, 2.24) is 4.90 Å². The molecule has 1 aromatic heterocycles. The van der Waals surface area contributed by atoms with E-state index in [2.05, 4.69) is 0 Å². The van der Waals surface area contributed by atoms with Gasteiger partial charge in [0.1, 0.15) is 0 Å². The number of aromatic nitrogens is 1. The van der Waals surface area contributed by atoms with Gasteiger partial charge in [-0.1, -0.05) is 0 Å². The second-order valence-electron chi connectivity index (χ2n) is 6.81. The van der Waals surface area contributed by atoms with Crippen LogP contribution in [0.15, 0.2) is 48.8 Å². The molecule has 0 N–H and O–H groups in total. The maximum atomic E-state index is 12.8. The van der Waals surface area contributed by atoms with E-state index in [0.717, 1.165) is 12.1 Å². The molecule has 1 fully saturated rings. The molecule has 2 atom stereocenters. The van der Waals surface area contributed by atoms with E-state index in [1.165, 1.54) is 36.7 Å². The molecule has 0 bridgehead atoms. The Balaban J connectivity index is 1.75. The smallest absolute Gasteiger partial charge is 0.416 e. The minimum atomic E-state index is -4.36. The molecule has 0 aliphatic carbocycles. The van der Waals surface area contributed by atoms with Crippen LogP contribution < -0.4 is 9.63 Å². The number of nitrogens with zero attached hydrogens (tertiary/aromatic N) is 3. The average Bonchev–Trinajstić information content (AvgIpc) is 2.61. The number of amides is 1. The zero-order valence-corrected chi connectivity index (χ0v) is 15.0. The van der Waals surface area contributed by atoms with Gasteiger partial charge >= 0.3 is 6.18 Å². The topological polar surface area (TPSA) is 50.5 Å². The number of halogens is 3. The summed E-state index contributed by atoms with van der Waals surface area (Å²) in [6.45, 7) is 4.83. The molecule has 1 aromatic carbocycles. The van der Waals surface area contributed by atoms with E-state index < -0.39 is 11.7 Å². The quantitative estimate of drug-likeness (QED) is 0.595. The van der Waals surface area contributed by atoms with Crippen LogP contribution >= 0.6 is 0 Å². The van der Waals surface area contributed by atoms with E-state index in [9.17, 15) is 23.2 Å². The average molecular weight is 379 g/mol. The van der Waals surface area contributed by atoms with E-state index in [1.807, 2.05) is 18.7 Å². The molecule has 5 nitrogen and oxygen atoms in total. The summed E-state index contributed by atoms with van der Waals surface area (Å²) >= 11 is 0. The zero-order chi connectivity index (χ0) is 19.8. The predicted molar refractivity (Wildman–Crippen MR) is 94.2 cm³/mol. The van der Waals surface area contributed by atoms with Gasteiger partial charge in [0.15, 0.2) is 12.4 Å². The number of rotatable bonds is 2. The van der Waals surface area contributed by atoms with Crippen molar-refractivity contribution in [1.29, 1.82) is 0 Å². The van der Waals surface area contributed by atoms with Crippen LogP contribution in [0.4, 0.5) is 18.9 Å². The van der Waals surface area contributed by atoms with E-state index in [4.69, 9.17) is 0 Å². The summed E-state index contributed by atoms with van der Waals surface area (Å²) in [5.74, 6) is -0.164. The number of piperazine rings is 1. The molecule has 1 amide bonds. The Hall–Kier alpha value is -2.77. The summed E-state index contributed by atoms with van der Waals surface area (Å²) in [6.07, 6.45) is -1.80. The summed E-state index contributed by atoms with van der Waals surface area (Å²) in [5, 5.41) is 11.1. The number of benzene rings is 1. The Labute approximate surface area is 155 Å². The van der Waals surface area contributed by atoms with Crippen molar-refractivity contribution in [3.63, 3.8) is 0 Å². The highest BCUT2D eigenvalue weighted by Crippen LogP contribution is 2.31. The number of hydrogen-bond donors (Lipinski definition) is 0. The fraction of sp³-hybridized carbons (Fsp3) is 0.368. The monoisotopic (exact) mass is 379 g/mol. The molecule has 3 rings (SSSR count). The molecule has 2 aromatic rings. The van der Waals surface area contributed by atoms with Crippen molar-refractivity contribution < 1.29 is 22.7 Å². The van der Waals surface area contributed by atoms with Crippen molar-refractivity contribution in [3.05, 3.63) is 65.1 Å². The van der Waals surface area contributed by atoms with Crippen LogP contribution in [-0.4, -0.2) is 36.0 Å². The van der Waals surface area contributed by atoms with Crippen molar-refractivity contribution >= 4 is 11.6 Å². The summed E-state index contributed by atoms with van der Waals surface area (Å²) < 4.78 is 38.8. The van der Waals surface area contributed by atoms with Crippen LogP contribution in [0.25, 0.3) is 0 Å². The minimum absolute atomic E-state index is 0.136. The van der Waals surface area contributed by atoms with Gasteiger partial charge in [0.25, 0.3) is 5.91 Å². The Morgan fingerprint density at radius 1 is 1.04 bits per heavy atom. The van der Waals surface area contributed by atoms with Gasteiger partial charge in [0, 0.05) is 43.0 Å². The van der Waals surface area contributed by atoms with Crippen molar-refractivity contribution in [2.45, 2.75) is 32.1 Å². The second kappa shape index (κ2) is 7.09. The lowest BCUT2D eigenvalue weighted by atomic mass is 10.0. The molecule has 0 spiro atoms. The highest BCUT2D eigenvalue weighted by molar-refractivity contribution is 5.94. The Morgan fingerprint density at radius 3 is 2.04 bits per heavy atom. The lowest BCUT2D eigenvalue weighted by Crippen LogP contribution is -2.58. The second-order valence-corrected chi connectivity index (χ2v) is 6.81. The predicted octanol–water partition coefficient (Wildman–Crippen LogP) is 3.08. The first-order valence-electron chi connectivity index (χ1n) is 8.60. The van der Waals surface area contributed by atoms with E-state index in [-0.39, 0.29) is 18.0 Å². The maximum Gasteiger partial charge on any atom is 0.416 e. The van der Waals surface area contributed by atoms with Crippen LogP contribution in [0.2, 0.25) is 0 Å². The molecule has 1 aliphatic rings. The SMILES string of the molecule is CC1CN(c2ccc(C(F)(F)F)cc2)CC(C)N1C(=O)c1cc[n+]([O-])cc1. The Bertz CT molecular complexity index is 794. The van der Waals surface area contributed by atoms with E-state index in [0.29, 0.717) is 29.1 Å². The van der Waals surface area contributed by atoms with Crippen molar-refractivity contribution in [2.24, 2.45) is 0 Å². The van der Waals surface area contributed by atoms with Crippen LogP contribution in [0.1, 0.15) is 29.8 Å². The Morgan fingerprint density at radius 2 is 1.56 bits per heavy atom. The van der Waals surface area contributed by atoms with Crippen LogP contribution in [0.3, 0.4) is 0 Å². The standard InChI is InChI=1S/C19H20F3N3O2/c1-13-11-23(17-5-3-16(4-6-17)19(20,21)22)12-14(2)25(13)18(26)15-7-9-24(27)10-8-15/h3-10,13-14H,11-12H2,1-2H3. The van der Waals surface area contributed by atoms with Crippen molar-refractivity contribution in [2.75, 3.05) is 18.0 Å². The number of anilines is 1. The number of alkyl halides is 3. The van der Waals surface area contributed by atoms with Crippen molar-refractivity contribution in [3.8, 4) is 0 Å². The Kier molecular flexibility index (Phi) is 4.99. The molecular formula is C19H20F3N3O2. The van der Waals surface area contributed by atoms with Gasteiger partial charge < -0.3 is 15.0 Å². The third-order valence-electron chi connectivity index (χ3n) is 4.76. The summed E-state index contributed by atoms with van der Waals surface area (Å²) in [7, 11) is 0. The fourth-order valence-electron chi connectivity index (χ4n) is 3.50. The lowest BCUT2D eigenvalue weighted by Gasteiger charge is -2.45. The van der Waals surface area contributed by atoms with Gasteiger partial charge in [-0.25, -0.2) is 0 Å². The largest absolute Gasteiger partial charge is 0.619 e. The third-order valence-corrected chi connectivity index (χ3v) is 4.76. The fourth-order valence-corrected chi connectivity index (χ4v) is 3.50. The molecule has 1 saturated heterocycles. The molecule has 0 radical (unpaired) electrons. The number of pyridine rings is 1. The van der Waals surface area contributed by atoms with Gasteiger partial charge in [0.2, 0.25) is 0 Å². The molecular weight excluding hydrogens is 359 g/mol. The third kappa shape index (κ3) is 3.99. The first-order valence-corrected chi connectivity index (χ1v) is 8.60. The molecule has 2 unspecified atom stereocenters. The van der Waals surface area contributed by atoms with Crippen LogP contribution in [-0.2, 0) is 6.18 Å². The van der Waals surface area contributed by atoms with Gasteiger partial charge in [-0.15, -0.1) is 0 Å². The van der Waals surface area contributed by atoms with E-state index in [1.54, 1.807) is 4.90 Å².